The molecule has 0 amide bonds. The minimum atomic E-state index is -3.53. The zero-order chi connectivity index (χ0) is 19.3. The summed E-state index contributed by atoms with van der Waals surface area (Å²) in [6.45, 7) is 4.42. The van der Waals surface area contributed by atoms with Crippen molar-refractivity contribution in [3.8, 4) is 11.6 Å². The third-order valence-electron chi connectivity index (χ3n) is 4.61. The molecule has 1 aromatic carbocycles. The number of benzene rings is 1. The molecule has 146 valence electrons. The molecule has 0 spiro atoms. The number of hydrogen-bond donors (Lipinski definition) is 1. The summed E-state index contributed by atoms with van der Waals surface area (Å²) in [6, 6.07) is 10.3. The van der Waals surface area contributed by atoms with Gasteiger partial charge in [0.25, 0.3) is 0 Å². The maximum absolute atomic E-state index is 12.6. The number of nitrogens with zero attached hydrogens (tertiary/aromatic N) is 1. The molecule has 0 unspecified atom stereocenters. The highest BCUT2D eigenvalue weighted by atomic mass is 32.2. The number of hydrogen-bond acceptors (Lipinski definition) is 5. The highest BCUT2D eigenvalue weighted by Crippen LogP contribution is 2.25. The van der Waals surface area contributed by atoms with Gasteiger partial charge in [-0.1, -0.05) is 6.07 Å². The molecule has 2 aromatic rings. The van der Waals surface area contributed by atoms with E-state index in [1.807, 2.05) is 26.0 Å². The zero-order valence-electron chi connectivity index (χ0n) is 15.7. The van der Waals surface area contributed by atoms with E-state index in [4.69, 9.17) is 9.47 Å². The number of aromatic nitrogens is 1. The number of ether oxygens (including phenoxy) is 2. The first-order valence-electron chi connectivity index (χ1n) is 9.31. The Labute approximate surface area is 161 Å². The van der Waals surface area contributed by atoms with Gasteiger partial charge in [0.05, 0.1) is 11.5 Å². The maximum atomic E-state index is 12.6. The number of aryl methyl sites for hydroxylation is 1. The van der Waals surface area contributed by atoms with Gasteiger partial charge in [0, 0.05) is 18.3 Å². The topological polar surface area (TPSA) is 77.5 Å². The Kier molecular flexibility index (Phi) is 6.34. The van der Waals surface area contributed by atoms with E-state index < -0.39 is 10.0 Å². The smallest absolute Gasteiger partial charge is 0.240 e. The lowest BCUT2D eigenvalue weighted by molar-refractivity contribution is 0.138. The summed E-state index contributed by atoms with van der Waals surface area (Å²) < 4.78 is 39.2. The Balaban J connectivity index is 1.52. The van der Waals surface area contributed by atoms with E-state index in [9.17, 15) is 8.42 Å². The summed E-state index contributed by atoms with van der Waals surface area (Å²) >= 11 is 0. The molecule has 0 saturated heterocycles. The van der Waals surface area contributed by atoms with E-state index in [1.54, 1.807) is 30.5 Å². The van der Waals surface area contributed by atoms with Crippen molar-refractivity contribution in [3.05, 3.63) is 48.2 Å². The van der Waals surface area contributed by atoms with Crippen LogP contribution in [0.2, 0.25) is 0 Å². The molecule has 0 radical (unpaired) electrons. The van der Waals surface area contributed by atoms with Crippen LogP contribution in [0.5, 0.6) is 11.6 Å². The zero-order valence-corrected chi connectivity index (χ0v) is 16.5. The SMILES string of the molecule is CCOc1ccc(S(=O)(=O)NC2CCC(Oc3ccc(C)cn3)CC2)cc1. The Morgan fingerprint density at radius 2 is 1.78 bits per heavy atom. The minimum Gasteiger partial charge on any atom is -0.494 e. The minimum absolute atomic E-state index is 0.0754. The van der Waals surface area contributed by atoms with Crippen LogP contribution in [0, 0.1) is 6.92 Å². The van der Waals surface area contributed by atoms with E-state index in [0.29, 0.717) is 18.2 Å². The summed E-state index contributed by atoms with van der Waals surface area (Å²) in [6.07, 6.45) is 4.94. The summed E-state index contributed by atoms with van der Waals surface area (Å²) in [4.78, 5) is 4.52. The lowest BCUT2D eigenvalue weighted by atomic mass is 9.94. The van der Waals surface area contributed by atoms with Crippen molar-refractivity contribution in [1.29, 1.82) is 0 Å². The predicted molar refractivity (Wildman–Crippen MR) is 104 cm³/mol. The quantitative estimate of drug-likeness (QED) is 0.783. The lowest BCUT2D eigenvalue weighted by Crippen LogP contribution is -2.39. The van der Waals surface area contributed by atoms with Crippen molar-refractivity contribution in [1.82, 2.24) is 9.71 Å². The molecule has 1 aliphatic carbocycles. The number of rotatable bonds is 7. The molecule has 7 heteroatoms. The van der Waals surface area contributed by atoms with Crippen LogP contribution in [-0.2, 0) is 10.0 Å². The largest absolute Gasteiger partial charge is 0.494 e. The van der Waals surface area contributed by atoms with E-state index in [0.717, 1.165) is 31.2 Å². The Bertz CT molecular complexity index is 827. The molecule has 1 fully saturated rings. The Hall–Kier alpha value is -2.12. The predicted octanol–water partition coefficient (Wildman–Crippen LogP) is 3.46. The molecule has 1 saturated carbocycles. The van der Waals surface area contributed by atoms with Crippen LogP contribution in [0.1, 0.15) is 38.2 Å². The third kappa shape index (κ3) is 5.43. The molecular formula is C20H26N2O4S. The van der Waals surface area contributed by atoms with Gasteiger partial charge in [0.1, 0.15) is 11.9 Å². The van der Waals surface area contributed by atoms with Crippen LogP contribution in [0.3, 0.4) is 0 Å². The first-order valence-corrected chi connectivity index (χ1v) is 10.8. The Morgan fingerprint density at radius 3 is 2.37 bits per heavy atom. The second-order valence-electron chi connectivity index (χ2n) is 6.79. The summed E-state index contributed by atoms with van der Waals surface area (Å²) in [5.41, 5.74) is 1.09. The van der Waals surface area contributed by atoms with Gasteiger partial charge < -0.3 is 9.47 Å². The first kappa shape index (κ1) is 19.6. The van der Waals surface area contributed by atoms with Crippen LogP contribution < -0.4 is 14.2 Å². The van der Waals surface area contributed by atoms with Gasteiger partial charge in [-0.05, 0) is 69.4 Å². The average molecular weight is 391 g/mol. The van der Waals surface area contributed by atoms with Gasteiger partial charge in [-0.25, -0.2) is 18.1 Å². The standard InChI is InChI=1S/C20H26N2O4S/c1-3-25-17-9-11-19(12-10-17)27(23,24)22-16-5-7-18(8-6-16)26-20-13-4-15(2)14-21-20/h4,9-14,16,18,22H,3,5-8H2,1-2H3. The number of pyridine rings is 1. The van der Waals surface area contributed by atoms with Gasteiger partial charge in [-0.15, -0.1) is 0 Å². The van der Waals surface area contributed by atoms with Crippen LogP contribution in [0.15, 0.2) is 47.5 Å². The summed E-state index contributed by atoms with van der Waals surface area (Å²) in [7, 11) is -3.53. The maximum Gasteiger partial charge on any atom is 0.240 e. The fourth-order valence-electron chi connectivity index (χ4n) is 3.16. The van der Waals surface area contributed by atoms with Crippen molar-refractivity contribution in [3.63, 3.8) is 0 Å². The number of sulfonamides is 1. The van der Waals surface area contributed by atoms with Crippen LogP contribution in [0.4, 0.5) is 0 Å². The van der Waals surface area contributed by atoms with Gasteiger partial charge in [0.15, 0.2) is 0 Å². The van der Waals surface area contributed by atoms with E-state index in [1.165, 1.54) is 0 Å². The van der Waals surface area contributed by atoms with Crippen molar-refractivity contribution < 1.29 is 17.9 Å². The number of nitrogens with one attached hydrogen (secondary N) is 1. The molecule has 1 N–H and O–H groups in total. The molecule has 6 nitrogen and oxygen atoms in total. The van der Waals surface area contributed by atoms with Crippen molar-refractivity contribution in [2.45, 2.75) is 56.6 Å². The second kappa shape index (κ2) is 8.71. The van der Waals surface area contributed by atoms with Crippen molar-refractivity contribution in [2.75, 3.05) is 6.61 Å². The molecule has 0 aliphatic heterocycles. The van der Waals surface area contributed by atoms with Crippen LogP contribution >= 0.6 is 0 Å². The Morgan fingerprint density at radius 1 is 1.07 bits per heavy atom. The summed E-state index contributed by atoms with van der Waals surface area (Å²) in [5.74, 6) is 1.29. The van der Waals surface area contributed by atoms with Crippen LogP contribution in [0.25, 0.3) is 0 Å². The molecule has 27 heavy (non-hydrogen) atoms. The van der Waals surface area contributed by atoms with E-state index in [2.05, 4.69) is 9.71 Å². The molecule has 1 aliphatic rings. The molecule has 0 bridgehead atoms. The fraction of sp³-hybridized carbons (Fsp3) is 0.450. The average Bonchev–Trinajstić information content (AvgIpc) is 2.66. The third-order valence-corrected chi connectivity index (χ3v) is 6.15. The molecular weight excluding hydrogens is 364 g/mol. The first-order chi connectivity index (χ1) is 13.0. The van der Waals surface area contributed by atoms with Gasteiger partial charge >= 0.3 is 0 Å². The van der Waals surface area contributed by atoms with Crippen molar-refractivity contribution >= 4 is 10.0 Å². The second-order valence-corrected chi connectivity index (χ2v) is 8.50. The van der Waals surface area contributed by atoms with Crippen LogP contribution in [-0.4, -0.2) is 32.2 Å². The van der Waals surface area contributed by atoms with Gasteiger partial charge in [-0.2, -0.15) is 0 Å². The lowest BCUT2D eigenvalue weighted by Gasteiger charge is -2.29. The van der Waals surface area contributed by atoms with Crippen molar-refractivity contribution in [2.24, 2.45) is 0 Å². The summed E-state index contributed by atoms with van der Waals surface area (Å²) in [5, 5.41) is 0. The highest BCUT2D eigenvalue weighted by molar-refractivity contribution is 7.89. The monoisotopic (exact) mass is 390 g/mol. The molecule has 0 atom stereocenters. The van der Waals surface area contributed by atoms with E-state index >= 15 is 0 Å². The molecule has 3 rings (SSSR count). The van der Waals surface area contributed by atoms with Gasteiger partial charge in [-0.3, -0.25) is 0 Å². The highest BCUT2D eigenvalue weighted by Gasteiger charge is 2.26. The molecule has 1 heterocycles. The normalized spacial score (nSPS) is 20.2. The molecule has 1 aromatic heterocycles. The van der Waals surface area contributed by atoms with Gasteiger partial charge in [0.2, 0.25) is 15.9 Å². The fourth-order valence-corrected chi connectivity index (χ4v) is 4.47. The van der Waals surface area contributed by atoms with E-state index in [-0.39, 0.29) is 17.0 Å².